The monoisotopic (exact) mass is 463 g/mol. The third kappa shape index (κ3) is 5.27. The topological polar surface area (TPSA) is 89.5 Å². The molecule has 0 atom stereocenters. The van der Waals surface area contributed by atoms with Crippen LogP contribution in [0.25, 0.3) is 0 Å². The molecule has 3 rings (SSSR count). The number of ketones is 1. The maximum absolute atomic E-state index is 12.3. The molecule has 1 heterocycles. The average Bonchev–Trinajstić information content (AvgIpc) is 3.15. The fourth-order valence-corrected chi connectivity index (χ4v) is 5.08. The van der Waals surface area contributed by atoms with Gasteiger partial charge in [0, 0.05) is 11.3 Å². The number of esters is 1. The van der Waals surface area contributed by atoms with Crippen molar-refractivity contribution in [1.82, 2.24) is 0 Å². The highest BCUT2D eigenvalue weighted by molar-refractivity contribution is 7.94. The number of ether oxygens (including phenoxy) is 1. The maximum Gasteiger partial charge on any atom is 0.338 e. The molecule has 0 aliphatic rings. The van der Waals surface area contributed by atoms with E-state index in [2.05, 4.69) is 4.72 Å². The molecular formula is C21H18ClNO5S2. The van der Waals surface area contributed by atoms with Gasteiger partial charge in [0.15, 0.2) is 12.4 Å². The Kier molecular flexibility index (Phi) is 6.60. The Morgan fingerprint density at radius 3 is 2.23 bits per heavy atom. The Labute approximate surface area is 183 Å². The van der Waals surface area contributed by atoms with E-state index in [1.54, 1.807) is 12.1 Å². The summed E-state index contributed by atoms with van der Waals surface area (Å²) in [6, 6.07) is 13.9. The molecule has 156 valence electrons. The van der Waals surface area contributed by atoms with Crippen LogP contribution >= 0.6 is 22.9 Å². The van der Waals surface area contributed by atoms with Crippen molar-refractivity contribution in [3.8, 4) is 0 Å². The molecule has 6 nitrogen and oxygen atoms in total. The number of hydrogen-bond acceptors (Lipinski definition) is 6. The second-order valence-corrected chi connectivity index (χ2v) is 10.2. The molecule has 0 amide bonds. The van der Waals surface area contributed by atoms with Crippen LogP contribution in [0.2, 0.25) is 4.34 Å². The van der Waals surface area contributed by atoms with E-state index >= 15 is 0 Å². The molecule has 3 aromatic rings. The summed E-state index contributed by atoms with van der Waals surface area (Å²) in [7, 11) is -3.76. The van der Waals surface area contributed by atoms with Gasteiger partial charge in [0.2, 0.25) is 0 Å². The lowest BCUT2D eigenvalue weighted by Gasteiger charge is -2.08. The molecule has 1 aromatic heterocycles. The van der Waals surface area contributed by atoms with Gasteiger partial charge in [-0.2, -0.15) is 0 Å². The van der Waals surface area contributed by atoms with Crippen LogP contribution in [0.3, 0.4) is 0 Å². The first-order valence-corrected chi connectivity index (χ1v) is 11.5. The molecular weight excluding hydrogens is 446 g/mol. The number of carbonyl (C=O) groups excluding carboxylic acids is 2. The van der Waals surface area contributed by atoms with Gasteiger partial charge >= 0.3 is 5.97 Å². The largest absolute Gasteiger partial charge is 0.454 e. The third-order valence-corrected chi connectivity index (χ3v) is 7.45. The van der Waals surface area contributed by atoms with E-state index in [4.69, 9.17) is 16.3 Å². The van der Waals surface area contributed by atoms with Gasteiger partial charge in [-0.05, 0) is 67.4 Å². The van der Waals surface area contributed by atoms with Gasteiger partial charge in [-0.1, -0.05) is 23.7 Å². The van der Waals surface area contributed by atoms with Crippen molar-refractivity contribution < 1.29 is 22.7 Å². The molecule has 2 aromatic carbocycles. The lowest BCUT2D eigenvalue weighted by atomic mass is 10.0. The maximum atomic E-state index is 12.3. The van der Waals surface area contributed by atoms with E-state index in [9.17, 15) is 18.0 Å². The summed E-state index contributed by atoms with van der Waals surface area (Å²) < 4.78 is 32.6. The number of anilines is 1. The molecule has 9 heteroatoms. The molecule has 0 saturated heterocycles. The number of hydrogen-bond donors (Lipinski definition) is 1. The van der Waals surface area contributed by atoms with Crippen molar-refractivity contribution in [2.75, 3.05) is 11.3 Å². The third-order valence-electron chi connectivity index (χ3n) is 4.35. The summed E-state index contributed by atoms with van der Waals surface area (Å²) in [6.45, 7) is 3.47. The van der Waals surface area contributed by atoms with Crippen LogP contribution in [0.5, 0.6) is 0 Å². The molecule has 0 fully saturated rings. The number of aryl methyl sites for hydroxylation is 2. The smallest absolute Gasteiger partial charge is 0.338 e. The van der Waals surface area contributed by atoms with E-state index < -0.39 is 16.0 Å². The summed E-state index contributed by atoms with van der Waals surface area (Å²) in [6.07, 6.45) is 0. The average molecular weight is 464 g/mol. The molecule has 0 aliphatic heterocycles. The number of benzene rings is 2. The fourth-order valence-electron chi connectivity index (χ4n) is 2.53. The van der Waals surface area contributed by atoms with Gasteiger partial charge < -0.3 is 4.74 Å². The van der Waals surface area contributed by atoms with Gasteiger partial charge in [0.05, 0.1) is 9.90 Å². The van der Waals surface area contributed by atoms with Gasteiger partial charge in [0.1, 0.15) is 4.21 Å². The zero-order valence-corrected chi connectivity index (χ0v) is 18.5. The number of sulfonamides is 1. The number of thiophene rings is 1. The zero-order chi connectivity index (χ0) is 21.9. The molecule has 30 heavy (non-hydrogen) atoms. The Morgan fingerprint density at radius 2 is 1.63 bits per heavy atom. The second kappa shape index (κ2) is 8.99. The molecule has 0 aliphatic carbocycles. The van der Waals surface area contributed by atoms with Crippen molar-refractivity contribution in [2.45, 2.75) is 18.1 Å². The Balaban J connectivity index is 1.61. The van der Waals surface area contributed by atoms with Crippen LogP contribution in [0.1, 0.15) is 31.8 Å². The van der Waals surface area contributed by atoms with E-state index in [0.29, 0.717) is 9.90 Å². The number of carbonyl (C=O) groups is 2. The van der Waals surface area contributed by atoms with Crippen LogP contribution in [0.15, 0.2) is 58.8 Å². The van der Waals surface area contributed by atoms with Crippen molar-refractivity contribution in [3.05, 3.63) is 81.2 Å². The highest BCUT2D eigenvalue weighted by Crippen LogP contribution is 2.27. The van der Waals surface area contributed by atoms with Gasteiger partial charge in [-0.3, -0.25) is 9.52 Å². The van der Waals surface area contributed by atoms with Crippen LogP contribution < -0.4 is 4.72 Å². The SMILES string of the molecule is Cc1ccc(C(=O)COC(=O)c2ccc(NS(=O)(=O)c3ccc(Cl)s3)cc2)cc1C. The van der Waals surface area contributed by atoms with Gasteiger partial charge in [-0.15, -0.1) is 11.3 Å². The molecule has 0 bridgehead atoms. The van der Waals surface area contributed by atoms with Crippen molar-refractivity contribution >= 4 is 50.4 Å². The second-order valence-electron chi connectivity index (χ2n) is 6.54. The summed E-state index contributed by atoms with van der Waals surface area (Å²) in [4.78, 5) is 24.4. The van der Waals surface area contributed by atoms with Crippen molar-refractivity contribution in [3.63, 3.8) is 0 Å². The van der Waals surface area contributed by atoms with Crippen LogP contribution in [0.4, 0.5) is 5.69 Å². The Morgan fingerprint density at radius 1 is 0.967 bits per heavy atom. The van der Waals surface area contributed by atoms with Crippen LogP contribution in [-0.4, -0.2) is 26.8 Å². The first-order chi connectivity index (χ1) is 14.2. The lowest BCUT2D eigenvalue weighted by molar-refractivity contribution is 0.0475. The van der Waals surface area contributed by atoms with Crippen molar-refractivity contribution in [2.24, 2.45) is 0 Å². The van der Waals surface area contributed by atoms with E-state index in [-0.39, 0.29) is 27.9 Å². The molecule has 0 unspecified atom stereocenters. The summed E-state index contributed by atoms with van der Waals surface area (Å²) in [5.74, 6) is -0.975. The molecule has 0 spiro atoms. The minimum absolute atomic E-state index is 0.0841. The van der Waals surface area contributed by atoms with E-state index in [0.717, 1.165) is 22.5 Å². The minimum Gasteiger partial charge on any atom is -0.454 e. The Hall–Kier alpha value is -2.68. The quantitative estimate of drug-likeness (QED) is 0.399. The standard InChI is InChI=1S/C21H18ClNO5S2/c1-13-3-4-16(11-14(13)2)18(24)12-28-21(25)15-5-7-17(8-6-15)23-30(26,27)20-10-9-19(22)29-20/h3-11,23H,12H2,1-2H3. The molecule has 0 radical (unpaired) electrons. The summed E-state index contributed by atoms with van der Waals surface area (Å²) >= 11 is 6.72. The number of halogens is 1. The fraction of sp³-hybridized carbons (Fsp3) is 0.143. The first-order valence-electron chi connectivity index (χ1n) is 8.81. The highest BCUT2D eigenvalue weighted by atomic mass is 35.5. The predicted molar refractivity (Wildman–Crippen MR) is 117 cm³/mol. The highest BCUT2D eigenvalue weighted by Gasteiger charge is 2.17. The van der Waals surface area contributed by atoms with Gasteiger partial charge in [0.25, 0.3) is 10.0 Å². The van der Waals surface area contributed by atoms with E-state index in [1.807, 2.05) is 19.9 Å². The number of nitrogens with one attached hydrogen (secondary N) is 1. The summed E-state index contributed by atoms with van der Waals surface area (Å²) in [5, 5.41) is 0. The normalized spacial score (nSPS) is 11.2. The number of Topliss-reactive ketones (excluding diaryl/α,β-unsaturated/α-hetero) is 1. The molecule has 0 saturated carbocycles. The minimum atomic E-state index is -3.76. The van der Waals surface area contributed by atoms with Crippen LogP contribution in [-0.2, 0) is 14.8 Å². The summed E-state index contributed by atoms with van der Waals surface area (Å²) in [5.41, 5.74) is 3.01. The number of rotatable bonds is 7. The van der Waals surface area contributed by atoms with Crippen molar-refractivity contribution in [1.29, 1.82) is 0 Å². The zero-order valence-electron chi connectivity index (χ0n) is 16.1. The van der Waals surface area contributed by atoms with Crippen LogP contribution in [0, 0.1) is 13.8 Å². The van der Waals surface area contributed by atoms with E-state index in [1.165, 1.54) is 36.4 Å². The molecule has 1 N–H and O–H groups in total. The first kappa shape index (κ1) is 22.0. The predicted octanol–water partition coefficient (Wildman–Crippen LogP) is 4.86. The van der Waals surface area contributed by atoms with Gasteiger partial charge in [-0.25, -0.2) is 13.2 Å². The lowest BCUT2D eigenvalue weighted by Crippen LogP contribution is -2.15. The Bertz CT molecular complexity index is 1200.